The zero-order chi connectivity index (χ0) is 23.0. The molecule has 0 spiro atoms. The fraction of sp³-hybridized carbons (Fsp3) is 0.200. The molecular weight excluding hydrogens is 439 g/mol. The summed E-state index contributed by atoms with van der Waals surface area (Å²) in [6.07, 6.45) is -3.61. The first-order valence-corrected chi connectivity index (χ1v) is 10.4. The van der Waals surface area contributed by atoms with E-state index in [2.05, 4.69) is 0 Å². The van der Waals surface area contributed by atoms with E-state index in [-0.39, 0.29) is 18.0 Å². The van der Waals surface area contributed by atoms with Gasteiger partial charge in [-0.05, 0) is 64.9 Å². The monoisotopic (exact) mass is 457 g/mol. The van der Waals surface area contributed by atoms with E-state index in [1.807, 2.05) is 18.2 Å². The quantitative estimate of drug-likeness (QED) is 0.417. The Morgan fingerprint density at radius 1 is 0.906 bits per heavy atom. The number of halogens is 4. The van der Waals surface area contributed by atoms with E-state index >= 15 is 0 Å². The van der Waals surface area contributed by atoms with Gasteiger partial charge in [0.05, 0.1) is 6.54 Å². The van der Waals surface area contributed by atoms with E-state index in [1.54, 1.807) is 29.2 Å². The van der Waals surface area contributed by atoms with Gasteiger partial charge in [0.2, 0.25) is 5.91 Å². The van der Waals surface area contributed by atoms with Crippen LogP contribution in [0.25, 0.3) is 11.1 Å². The molecule has 3 aromatic carbocycles. The Morgan fingerprint density at radius 2 is 1.62 bits per heavy atom. The topological polar surface area (TPSA) is 37.4 Å². The van der Waals surface area contributed by atoms with Gasteiger partial charge in [0.1, 0.15) is 0 Å². The summed E-state index contributed by atoms with van der Waals surface area (Å²) in [6.45, 7) is 1.74. The van der Waals surface area contributed by atoms with Crippen molar-refractivity contribution in [1.82, 2.24) is 0 Å². The van der Waals surface area contributed by atoms with Crippen molar-refractivity contribution < 1.29 is 22.8 Å². The number of alkyl halides is 3. The number of hydrogen-bond acceptors (Lipinski definition) is 2. The van der Waals surface area contributed by atoms with Crippen LogP contribution in [0.15, 0.2) is 60.7 Å². The minimum Gasteiger partial charge on any atom is -0.308 e. The molecule has 1 amide bonds. The van der Waals surface area contributed by atoms with Gasteiger partial charge >= 0.3 is 6.18 Å². The smallest absolute Gasteiger partial charge is 0.308 e. The lowest BCUT2D eigenvalue weighted by Crippen LogP contribution is -2.30. The highest BCUT2D eigenvalue weighted by Crippen LogP contribution is 2.34. The Hall–Kier alpha value is -3.12. The summed E-state index contributed by atoms with van der Waals surface area (Å²) in [5, 5.41) is 0.592. The summed E-state index contributed by atoms with van der Waals surface area (Å²) in [6, 6.07) is 16.4. The molecule has 7 heteroatoms. The highest BCUT2D eigenvalue weighted by Gasteiger charge is 2.40. The predicted octanol–water partition coefficient (Wildman–Crippen LogP) is 6.40. The van der Waals surface area contributed by atoms with Gasteiger partial charge in [-0.3, -0.25) is 9.59 Å². The van der Waals surface area contributed by atoms with Crippen molar-refractivity contribution in [3.63, 3.8) is 0 Å². The zero-order valence-corrected chi connectivity index (χ0v) is 17.9. The number of aryl methyl sites for hydroxylation is 2. The number of benzene rings is 3. The fourth-order valence-corrected chi connectivity index (χ4v) is 4.29. The lowest BCUT2D eigenvalue weighted by atomic mass is 9.90. The number of amides is 1. The van der Waals surface area contributed by atoms with E-state index in [0.29, 0.717) is 23.4 Å². The molecule has 0 unspecified atom stereocenters. The van der Waals surface area contributed by atoms with Crippen molar-refractivity contribution in [2.75, 3.05) is 4.90 Å². The van der Waals surface area contributed by atoms with Crippen LogP contribution in [0, 0.1) is 0 Å². The number of carbonyl (C=O) groups excluding carboxylic acids is 2. The molecule has 0 N–H and O–H groups in total. The van der Waals surface area contributed by atoms with Crippen LogP contribution in [0.4, 0.5) is 18.9 Å². The average Bonchev–Trinajstić information content (AvgIpc) is 2.74. The maximum Gasteiger partial charge on any atom is 0.454 e. The Labute approximate surface area is 188 Å². The molecule has 0 aliphatic carbocycles. The number of nitrogens with zero attached hydrogens (tertiary/aromatic N) is 1. The minimum absolute atomic E-state index is 0.153. The second-order valence-electron chi connectivity index (χ2n) is 7.73. The number of fused-ring (bicyclic) bond motifs is 2. The third-order valence-corrected chi connectivity index (χ3v) is 5.89. The van der Waals surface area contributed by atoms with Crippen LogP contribution in [0.5, 0.6) is 0 Å². The van der Waals surface area contributed by atoms with Crippen molar-refractivity contribution in [2.45, 2.75) is 32.5 Å². The molecule has 3 nitrogen and oxygen atoms in total. The fourth-order valence-electron chi connectivity index (χ4n) is 4.09. The Balaban J connectivity index is 1.79. The summed E-state index contributed by atoms with van der Waals surface area (Å²) >= 11 is 6.15. The van der Waals surface area contributed by atoms with Gasteiger partial charge in [0.25, 0.3) is 5.78 Å². The van der Waals surface area contributed by atoms with Gasteiger partial charge in [-0.25, -0.2) is 0 Å². The first kappa shape index (κ1) is 22.1. The average molecular weight is 458 g/mol. The highest BCUT2D eigenvalue weighted by molar-refractivity contribution is 6.30. The van der Waals surface area contributed by atoms with Crippen LogP contribution in [0.3, 0.4) is 0 Å². The molecule has 1 aliphatic rings. The van der Waals surface area contributed by atoms with E-state index in [4.69, 9.17) is 11.6 Å². The second-order valence-corrected chi connectivity index (χ2v) is 8.17. The molecule has 1 aliphatic heterocycles. The largest absolute Gasteiger partial charge is 0.454 e. The standard InChI is InChI=1S/C25H19ClF3NO2/c1-15(31)30-14-19-12-17(21-4-2-3-5-22(21)24(32)25(27,28)29)8-6-16(19)7-9-18-13-20(26)10-11-23(18)30/h2-6,8,10-13H,7,9,14H2,1H3. The Bertz CT molecular complexity index is 1220. The molecule has 0 saturated heterocycles. The molecule has 32 heavy (non-hydrogen) atoms. The number of carbonyl (C=O) groups is 2. The van der Waals surface area contributed by atoms with Crippen LogP contribution in [0.1, 0.15) is 34.0 Å². The summed E-state index contributed by atoms with van der Waals surface area (Å²) in [7, 11) is 0. The van der Waals surface area contributed by atoms with Crippen molar-refractivity contribution >= 4 is 29.0 Å². The van der Waals surface area contributed by atoms with E-state index in [9.17, 15) is 22.8 Å². The van der Waals surface area contributed by atoms with Crippen molar-refractivity contribution in [3.8, 4) is 11.1 Å². The third-order valence-electron chi connectivity index (χ3n) is 5.65. The third kappa shape index (κ3) is 4.28. The van der Waals surface area contributed by atoms with Gasteiger partial charge in [-0.2, -0.15) is 13.2 Å². The zero-order valence-electron chi connectivity index (χ0n) is 17.2. The molecule has 164 valence electrons. The first-order chi connectivity index (χ1) is 15.1. The minimum atomic E-state index is -4.96. The maximum atomic E-state index is 13.1. The molecule has 0 bridgehead atoms. The highest BCUT2D eigenvalue weighted by atomic mass is 35.5. The van der Waals surface area contributed by atoms with Crippen molar-refractivity contribution in [1.29, 1.82) is 0 Å². The lowest BCUT2D eigenvalue weighted by molar-refractivity contribution is -0.116. The van der Waals surface area contributed by atoms with Crippen molar-refractivity contribution in [3.05, 3.63) is 87.9 Å². The summed E-state index contributed by atoms with van der Waals surface area (Å²) < 4.78 is 39.3. The van der Waals surface area contributed by atoms with Gasteiger partial charge in [-0.15, -0.1) is 0 Å². The van der Waals surface area contributed by atoms with Crippen LogP contribution in [0.2, 0.25) is 5.02 Å². The molecule has 3 aromatic rings. The number of anilines is 1. The summed E-state index contributed by atoms with van der Waals surface area (Å²) in [5.74, 6) is -2.03. The van der Waals surface area contributed by atoms with E-state index in [1.165, 1.54) is 25.1 Å². The SMILES string of the molecule is CC(=O)N1Cc2cc(-c3ccccc3C(=O)C(F)(F)F)ccc2CCc2cc(Cl)ccc21. The molecule has 0 fully saturated rings. The number of hydrogen-bond donors (Lipinski definition) is 0. The summed E-state index contributed by atoms with van der Waals surface area (Å²) in [5.41, 5.74) is 3.86. The van der Waals surface area contributed by atoms with Gasteiger partial charge < -0.3 is 4.90 Å². The number of Topliss-reactive ketones (excluding diaryl/α,β-unsaturated/α-hetero) is 1. The molecular formula is C25H19ClF3NO2. The second kappa shape index (κ2) is 8.43. The van der Waals surface area contributed by atoms with Gasteiger partial charge in [0, 0.05) is 23.2 Å². The number of rotatable bonds is 2. The van der Waals surface area contributed by atoms with Gasteiger partial charge in [0.15, 0.2) is 0 Å². The summed E-state index contributed by atoms with van der Waals surface area (Å²) in [4.78, 5) is 26.1. The molecule has 4 rings (SSSR count). The Kier molecular flexibility index (Phi) is 5.82. The number of ketones is 1. The van der Waals surface area contributed by atoms with Crippen LogP contribution < -0.4 is 4.90 Å². The van der Waals surface area contributed by atoms with Crippen molar-refractivity contribution in [2.24, 2.45) is 0 Å². The normalized spacial score (nSPS) is 13.6. The molecule has 1 heterocycles. The molecule has 0 radical (unpaired) electrons. The van der Waals surface area contributed by atoms with Crippen LogP contribution in [-0.4, -0.2) is 17.9 Å². The van der Waals surface area contributed by atoms with E-state index < -0.39 is 17.5 Å². The lowest BCUT2D eigenvalue weighted by Gasteiger charge is -2.28. The molecule has 0 aromatic heterocycles. The molecule has 0 atom stereocenters. The van der Waals surface area contributed by atoms with Gasteiger partial charge in [-0.1, -0.05) is 48.0 Å². The Morgan fingerprint density at radius 3 is 2.34 bits per heavy atom. The maximum absolute atomic E-state index is 13.1. The van der Waals surface area contributed by atoms with E-state index in [0.717, 1.165) is 22.4 Å². The molecule has 0 saturated carbocycles. The van der Waals surface area contributed by atoms with Crippen LogP contribution in [-0.2, 0) is 24.2 Å². The van der Waals surface area contributed by atoms with Crippen LogP contribution >= 0.6 is 11.6 Å². The predicted molar refractivity (Wildman–Crippen MR) is 118 cm³/mol. The first-order valence-electron chi connectivity index (χ1n) is 10.0.